The van der Waals surface area contributed by atoms with Crippen molar-refractivity contribution in [2.24, 2.45) is 0 Å². The standard InChI is InChI=1S/C19H19N5O2/c25-15-4-2-14(3-5-15)16-12-18(26)24(19(16)17-6-7-21-22-17)10-1-9-23-11-8-20-13-23/h2-8,11-13,19,25H,1,9-10H2,(H,21,22). The quantitative estimate of drug-likeness (QED) is 0.715. The summed E-state index contributed by atoms with van der Waals surface area (Å²) in [5.41, 5.74) is 2.69. The molecular formula is C19H19N5O2. The van der Waals surface area contributed by atoms with E-state index in [1.54, 1.807) is 36.9 Å². The van der Waals surface area contributed by atoms with Gasteiger partial charge in [0.05, 0.1) is 18.1 Å². The fourth-order valence-corrected chi connectivity index (χ4v) is 3.32. The highest BCUT2D eigenvalue weighted by Crippen LogP contribution is 2.39. The Kier molecular flexibility index (Phi) is 4.27. The van der Waals surface area contributed by atoms with Crippen LogP contribution in [-0.4, -0.2) is 42.2 Å². The Morgan fingerprint density at radius 2 is 1.96 bits per heavy atom. The number of aryl methyl sites for hydroxylation is 1. The average molecular weight is 349 g/mol. The van der Waals surface area contributed by atoms with Gasteiger partial charge in [0.25, 0.3) is 0 Å². The molecule has 2 N–H and O–H groups in total. The molecule has 0 saturated heterocycles. The number of aromatic hydroxyl groups is 1. The lowest BCUT2D eigenvalue weighted by atomic mass is 9.97. The van der Waals surface area contributed by atoms with Gasteiger partial charge in [0.2, 0.25) is 5.91 Å². The topological polar surface area (TPSA) is 87.0 Å². The van der Waals surface area contributed by atoms with Crippen LogP contribution in [0.5, 0.6) is 5.75 Å². The van der Waals surface area contributed by atoms with Crippen molar-refractivity contribution in [3.63, 3.8) is 0 Å². The van der Waals surface area contributed by atoms with Gasteiger partial charge in [-0.15, -0.1) is 0 Å². The van der Waals surface area contributed by atoms with Gasteiger partial charge in [0, 0.05) is 37.8 Å². The Bertz CT molecular complexity index is 898. The molecule has 1 aliphatic rings. The minimum atomic E-state index is -0.211. The molecule has 3 aromatic rings. The molecule has 7 heteroatoms. The average Bonchev–Trinajstić information content (AvgIpc) is 3.38. The van der Waals surface area contributed by atoms with Crippen LogP contribution in [0.2, 0.25) is 0 Å². The lowest BCUT2D eigenvalue weighted by Gasteiger charge is -2.26. The maximum Gasteiger partial charge on any atom is 0.247 e. The zero-order valence-corrected chi connectivity index (χ0v) is 14.1. The van der Waals surface area contributed by atoms with Crippen molar-refractivity contribution >= 4 is 11.5 Å². The van der Waals surface area contributed by atoms with Crippen LogP contribution in [0.15, 0.2) is 61.3 Å². The maximum absolute atomic E-state index is 12.7. The monoisotopic (exact) mass is 349 g/mol. The van der Waals surface area contributed by atoms with Crippen molar-refractivity contribution in [1.29, 1.82) is 0 Å². The number of phenolic OH excluding ortho intramolecular Hbond substituents is 1. The molecule has 1 amide bonds. The van der Waals surface area contributed by atoms with E-state index in [1.165, 1.54) is 0 Å². The van der Waals surface area contributed by atoms with Crippen LogP contribution >= 0.6 is 0 Å². The number of hydrogen-bond acceptors (Lipinski definition) is 4. The van der Waals surface area contributed by atoms with Gasteiger partial charge in [-0.3, -0.25) is 9.89 Å². The van der Waals surface area contributed by atoms with E-state index in [9.17, 15) is 9.90 Å². The SMILES string of the molecule is O=C1C=C(c2ccc(O)cc2)C(c2ccn[nH]2)N1CCCn1ccnc1. The third kappa shape index (κ3) is 3.11. The van der Waals surface area contributed by atoms with Crippen LogP contribution in [0.1, 0.15) is 23.7 Å². The number of hydrogen-bond donors (Lipinski definition) is 2. The summed E-state index contributed by atoms with van der Waals surface area (Å²) in [6.45, 7) is 1.42. The number of carbonyl (C=O) groups excluding carboxylic acids is 1. The molecule has 0 radical (unpaired) electrons. The largest absolute Gasteiger partial charge is 0.508 e. The van der Waals surface area contributed by atoms with Crippen molar-refractivity contribution < 1.29 is 9.90 Å². The number of aromatic amines is 1. The van der Waals surface area contributed by atoms with E-state index >= 15 is 0 Å². The molecule has 132 valence electrons. The lowest BCUT2D eigenvalue weighted by Crippen LogP contribution is -2.31. The van der Waals surface area contributed by atoms with Crippen LogP contribution in [0, 0.1) is 0 Å². The molecule has 0 spiro atoms. The number of rotatable bonds is 6. The molecule has 1 unspecified atom stereocenters. The number of aromatic nitrogens is 4. The summed E-state index contributed by atoms with van der Waals surface area (Å²) in [7, 11) is 0. The molecule has 1 aliphatic heterocycles. The first-order chi connectivity index (χ1) is 12.7. The molecule has 0 aliphatic carbocycles. The summed E-state index contributed by atoms with van der Waals surface area (Å²) in [6, 6.07) is 8.59. The second kappa shape index (κ2) is 6.87. The van der Waals surface area contributed by atoms with E-state index < -0.39 is 0 Å². The minimum Gasteiger partial charge on any atom is -0.508 e. The Labute approximate surface area is 150 Å². The number of nitrogens with zero attached hydrogens (tertiary/aromatic N) is 4. The Morgan fingerprint density at radius 1 is 1.12 bits per heavy atom. The van der Waals surface area contributed by atoms with Crippen molar-refractivity contribution in [1.82, 2.24) is 24.6 Å². The summed E-state index contributed by atoms with van der Waals surface area (Å²) in [5, 5.41) is 16.6. The van der Waals surface area contributed by atoms with Gasteiger partial charge in [0.1, 0.15) is 5.75 Å². The van der Waals surface area contributed by atoms with Gasteiger partial charge in [-0.2, -0.15) is 5.10 Å². The number of benzene rings is 1. The number of nitrogens with one attached hydrogen (secondary N) is 1. The van der Waals surface area contributed by atoms with Crippen LogP contribution in [0.4, 0.5) is 0 Å². The van der Waals surface area contributed by atoms with E-state index in [2.05, 4.69) is 15.2 Å². The number of H-pyrrole nitrogens is 1. The first kappa shape index (κ1) is 16.1. The third-order valence-electron chi connectivity index (χ3n) is 4.56. The van der Waals surface area contributed by atoms with Gasteiger partial charge >= 0.3 is 0 Å². The van der Waals surface area contributed by atoms with E-state index in [1.807, 2.05) is 33.9 Å². The molecule has 0 bridgehead atoms. The first-order valence-electron chi connectivity index (χ1n) is 8.49. The zero-order valence-electron chi connectivity index (χ0n) is 14.1. The van der Waals surface area contributed by atoms with Crippen molar-refractivity contribution in [3.05, 3.63) is 72.6 Å². The second-order valence-electron chi connectivity index (χ2n) is 6.25. The molecule has 0 saturated carbocycles. The summed E-state index contributed by atoms with van der Waals surface area (Å²) in [4.78, 5) is 18.6. The Hall–Kier alpha value is -3.35. The molecule has 2 aromatic heterocycles. The summed E-state index contributed by atoms with van der Waals surface area (Å²) < 4.78 is 2.00. The Balaban J connectivity index is 1.57. The Morgan fingerprint density at radius 3 is 2.65 bits per heavy atom. The number of carbonyl (C=O) groups is 1. The van der Waals surface area contributed by atoms with E-state index in [4.69, 9.17) is 0 Å². The number of imidazole rings is 1. The van der Waals surface area contributed by atoms with Crippen LogP contribution in [0.25, 0.3) is 5.57 Å². The molecule has 1 aromatic carbocycles. The van der Waals surface area contributed by atoms with Crippen molar-refractivity contribution in [3.8, 4) is 5.75 Å². The predicted molar refractivity (Wildman–Crippen MR) is 96.0 cm³/mol. The fourth-order valence-electron chi connectivity index (χ4n) is 3.32. The van der Waals surface area contributed by atoms with Crippen molar-refractivity contribution in [2.75, 3.05) is 6.54 Å². The normalized spacial score (nSPS) is 16.9. The molecule has 3 heterocycles. The molecule has 4 rings (SSSR count). The van der Waals surface area contributed by atoms with E-state index in [0.717, 1.165) is 29.8 Å². The van der Waals surface area contributed by atoms with Crippen LogP contribution in [-0.2, 0) is 11.3 Å². The van der Waals surface area contributed by atoms with Gasteiger partial charge in [-0.25, -0.2) is 4.98 Å². The van der Waals surface area contributed by atoms with Crippen LogP contribution in [0.3, 0.4) is 0 Å². The van der Waals surface area contributed by atoms with Crippen LogP contribution < -0.4 is 0 Å². The fraction of sp³-hybridized carbons (Fsp3) is 0.211. The van der Waals surface area contributed by atoms with Crippen molar-refractivity contribution in [2.45, 2.75) is 19.0 Å². The van der Waals surface area contributed by atoms with E-state index in [0.29, 0.717) is 6.54 Å². The molecule has 0 fully saturated rings. The highest BCUT2D eigenvalue weighted by atomic mass is 16.3. The first-order valence-corrected chi connectivity index (χ1v) is 8.49. The summed E-state index contributed by atoms with van der Waals surface area (Å²) >= 11 is 0. The number of amides is 1. The maximum atomic E-state index is 12.7. The lowest BCUT2D eigenvalue weighted by molar-refractivity contribution is -0.126. The molecule has 1 atom stereocenters. The van der Waals surface area contributed by atoms with Gasteiger partial charge in [-0.05, 0) is 35.8 Å². The third-order valence-corrected chi connectivity index (χ3v) is 4.56. The highest BCUT2D eigenvalue weighted by molar-refractivity contribution is 6.02. The number of phenols is 1. The van der Waals surface area contributed by atoms with Gasteiger partial charge in [0.15, 0.2) is 0 Å². The smallest absolute Gasteiger partial charge is 0.247 e. The second-order valence-corrected chi connectivity index (χ2v) is 6.25. The van der Waals surface area contributed by atoms with Gasteiger partial charge in [-0.1, -0.05) is 12.1 Å². The molecule has 26 heavy (non-hydrogen) atoms. The predicted octanol–water partition coefficient (Wildman–Crippen LogP) is 2.37. The zero-order chi connectivity index (χ0) is 17.9. The summed E-state index contributed by atoms with van der Waals surface area (Å²) in [6.07, 6.45) is 9.63. The van der Waals surface area contributed by atoms with E-state index in [-0.39, 0.29) is 17.7 Å². The molecular weight excluding hydrogens is 330 g/mol. The van der Waals surface area contributed by atoms with Gasteiger partial charge < -0.3 is 14.6 Å². The molecule has 7 nitrogen and oxygen atoms in total. The highest BCUT2D eigenvalue weighted by Gasteiger charge is 2.35. The summed E-state index contributed by atoms with van der Waals surface area (Å²) in [5.74, 6) is 0.187. The minimum absolute atomic E-state index is 0.0155.